The molecule has 0 bridgehead atoms. The third-order valence-corrected chi connectivity index (χ3v) is 4.89. The molecule has 0 spiro atoms. The van der Waals surface area contributed by atoms with Crippen LogP contribution >= 0.6 is 0 Å². The molecule has 0 aliphatic heterocycles. The average Bonchev–Trinajstić information content (AvgIpc) is 3.24. The second kappa shape index (κ2) is 7.84. The van der Waals surface area contributed by atoms with E-state index in [4.69, 9.17) is 0 Å². The Balaban J connectivity index is 1.79. The Hall–Kier alpha value is -3.57. The number of fused-ring (bicyclic) bond motifs is 1. The molecule has 1 atom stereocenters. The summed E-state index contributed by atoms with van der Waals surface area (Å²) in [5.74, 6) is -7.86. The van der Waals surface area contributed by atoms with Gasteiger partial charge in [-0.15, -0.1) is 5.10 Å². The summed E-state index contributed by atoms with van der Waals surface area (Å²) in [7, 11) is 0. The molecular weight excluding hydrogens is 443 g/mol. The third kappa shape index (κ3) is 4.12. The van der Waals surface area contributed by atoms with Crippen LogP contribution in [0.25, 0.3) is 10.9 Å². The van der Waals surface area contributed by atoms with Gasteiger partial charge in [-0.2, -0.15) is 22.0 Å². The van der Waals surface area contributed by atoms with Crippen molar-refractivity contribution in [3.8, 4) is 0 Å². The molecule has 0 aliphatic rings. The molecule has 4 aromatic rings. The van der Waals surface area contributed by atoms with Crippen molar-refractivity contribution in [3.05, 3.63) is 83.3 Å². The van der Waals surface area contributed by atoms with Crippen LogP contribution in [-0.2, 0) is 18.6 Å². The Morgan fingerprint density at radius 2 is 1.69 bits per heavy atom. The standard InChI is InChI=1S/C20H12F7N5/c21-13-3-4-14(16(22)8-13)15(9-32-10-28-30-31-32)19(23,24)18-6-1-11-7-12(20(25,26)27)2-5-17(11)29-18/h1-8,10,15H,9H2. The van der Waals surface area contributed by atoms with E-state index in [0.29, 0.717) is 6.07 Å². The van der Waals surface area contributed by atoms with E-state index in [-0.39, 0.29) is 10.9 Å². The summed E-state index contributed by atoms with van der Waals surface area (Å²) in [4.78, 5) is 3.82. The lowest BCUT2D eigenvalue weighted by Gasteiger charge is -2.27. The minimum atomic E-state index is -4.60. The summed E-state index contributed by atoms with van der Waals surface area (Å²) < 4.78 is 98.6. The van der Waals surface area contributed by atoms with Crippen LogP contribution in [0.4, 0.5) is 30.7 Å². The highest BCUT2D eigenvalue weighted by molar-refractivity contribution is 5.79. The van der Waals surface area contributed by atoms with Crippen LogP contribution in [0.3, 0.4) is 0 Å². The smallest absolute Gasteiger partial charge is 0.246 e. The number of nitrogens with zero attached hydrogens (tertiary/aromatic N) is 5. The molecule has 2 aromatic carbocycles. The summed E-state index contributed by atoms with van der Waals surface area (Å²) in [5, 5.41) is 10.2. The Labute approximate surface area is 175 Å². The van der Waals surface area contributed by atoms with Crippen molar-refractivity contribution >= 4 is 10.9 Å². The lowest BCUT2D eigenvalue weighted by molar-refractivity contribution is -0.137. The zero-order valence-electron chi connectivity index (χ0n) is 15.9. The van der Waals surface area contributed by atoms with E-state index in [1.807, 2.05) is 0 Å². The van der Waals surface area contributed by atoms with Crippen LogP contribution in [0.1, 0.15) is 22.7 Å². The third-order valence-electron chi connectivity index (χ3n) is 4.89. The first kappa shape index (κ1) is 21.7. The predicted octanol–water partition coefficient (Wildman–Crippen LogP) is 5.09. The summed E-state index contributed by atoms with van der Waals surface area (Å²) >= 11 is 0. The van der Waals surface area contributed by atoms with Gasteiger partial charge in [0.25, 0.3) is 5.92 Å². The number of tetrazole rings is 1. The minimum absolute atomic E-state index is 0.00404. The van der Waals surface area contributed by atoms with Gasteiger partial charge in [0.1, 0.15) is 23.7 Å². The Morgan fingerprint density at radius 3 is 2.34 bits per heavy atom. The molecule has 0 amide bonds. The molecule has 0 radical (unpaired) electrons. The van der Waals surface area contributed by atoms with Gasteiger partial charge in [-0.25, -0.2) is 18.4 Å². The fraction of sp³-hybridized carbons (Fsp3) is 0.200. The molecule has 4 rings (SSSR count). The molecule has 0 saturated carbocycles. The molecular formula is C20H12F7N5. The van der Waals surface area contributed by atoms with Crippen LogP contribution in [0, 0.1) is 11.6 Å². The molecule has 0 aliphatic carbocycles. The number of hydrogen-bond donors (Lipinski definition) is 0. The van der Waals surface area contributed by atoms with Gasteiger partial charge >= 0.3 is 6.18 Å². The molecule has 166 valence electrons. The van der Waals surface area contributed by atoms with Crippen molar-refractivity contribution in [2.45, 2.75) is 24.6 Å². The van der Waals surface area contributed by atoms with Crippen LogP contribution in [0.5, 0.6) is 0 Å². The Morgan fingerprint density at radius 1 is 0.906 bits per heavy atom. The molecule has 2 heterocycles. The second-order valence-electron chi connectivity index (χ2n) is 6.97. The van der Waals surface area contributed by atoms with E-state index in [9.17, 15) is 22.0 Å². The fourth-order valence-electron chi connectivity index (χ4n) is 3.31. The van der Waals surface area contributed by atoms with E-state index < -0.39 is 53.0 Å². The summed E-state index contributed by atoms with van der Waals surface area (Å²) in [6.07, 6.45) is -3.55. The average molecular weight is 455 g/mol. The van der Waals surface area contributed by atoms with Crippen molar-refractivity contribution in [1.82, 2.24) is 25.2 Å². The molecule has 5 nitrogen and oxygen atoms in total. The van der Waals surface area contributed by atoms with Crippen LogP contribution in [-0.4, -0.2) is 25.2 Å². The molecule has 0 N–H and O–H groups in total. The van der Waals surface area contributed by atoms with Crippen molar-refractivity contribution in [2.75, 3.05) is 0 Å². The monoisotopic (exact) mass is 455 g/mol. The van der Waals surface area contributed by atoms with Gasteiger partial charge in [-0.1, -0.05) is 12.1 Å². The van der Waals surface area contributed by atoms with Crippen molar-refractivity contribution in [3.63, 3.8) is 0 Å². The largest absolute Gasteiger partial charge is 0.416 e. The van der Waals surface area contributed by atoms with Crippen molar-refractivity contribution in [1.29, 1.82) is 0 Å². The minimum Gasteiger partial charge on any atom is -0.246 e. The second-order valence-corrected chi connectivity index (χ2v) is 6.97. The number of rotatable bonds is 5. The Bertz CT molecular complexity index is 1260. The zero-order chi connectivity index (χ0) is 23.1. The van der Waals surface area contributed by atoms with Crippen LogP contribution in [0.2, 0.25) is 0 Å². The van der Waals surface area contributed by atoms with Gasteiger partial charge in [0, 0.05) is 11.5 Å². The highest BCUT2D eigenvalue weighted by atomic mass is 19.4. The fourth-order valence-corrected chi connectivity index (χ4v) is 3.31. The van der Waals surface area contributed by atoms with E-state index in [1.54, 1.807) is 0 Å². The lowest BCUT2D eigenvalue weighted by Crippen LogP contribution is -2.30. The summed E-state index contributed by atoms with van der Waals surface area (Å²) in [6.45, 7) is -0.574. The first-order valence-electron chi connectivity index (χ1n) is 9.08. The maximum absolute atomic E-state index is 15.6. The molecule has 2 aromatic heterocycles. The molecule has 0 saturated heterocycles. The van der Waals surface area contributed by atoms with Gasteiger partial charge in [0.15, 0.2) is 0 Å². The zero-order valence-corrected chi connectivity index (χ0v) is 15.9. The van der Waals surface area contributed by atoms with E-state index in [2.05, 4.69) is 20.5 Å². The van der Waals surface area contributed by atoms with E-state index in [0.717, 1.165) is 53.5 Å². The summed E-state index contributed by atoms with van der Waals surface area (Å²) in [5.41, 5.74) is -2.35. The lowest BCUT2D eigenvalue weighted by atomic mass is 9.89. The predicted molar refractivity (Wildman–Crippen MR) is 97.6 cm³/mol. The Kier molecular flexibility index (Phi) is 5.31. The van der Waals surface area contributed by atoms with Gasteiger partial charge in [0.05, 0.1) is 23.5 Å². The number of aromatic nitrogens is 5. The SMILES string of the molecule is Fc1ccc(C(Cn2cnnn2)C(F)(F)c2ccc3cc(C(F)(F)F)ccc3n2)c(F)c1. The molecule has 1 unspecified atom stereocenters. The van der Waals surface area contributed by atoms with Crippen LogP contribution in [0.15, 0.2) is 54.9 Å². The highest BCUT2D eigenvalue weighted by Crippen LogP contribution is 2.44. The number of halogens is 7. The maximum Gasteiger partial charge on any atom is 0.416 e. The van der Waals surface area contributed by atoms with Gasteiger partial charge in [-0.3, -0.25) is 0 Å². The van der Waals surface area contributed by atoms with Crippen molar-refractivity contribution < 1.29 is 30.7 Å². The van der Waals surface area contributed by atoms with Gasteiger partial charge < -0.3 is 0 Å². The number of hydrogen-bond acceptors (Lipinski definition) is 4. The number of alkyl halides is 5. The highest BCUT2D eigenvalue weighted by Gasteiger charge is 2.45. The van der Waals surface area contributed by atoms with E-state index in [1.165, 1.54) is 0 Å². The van der Waals surface area contributed by atoms with Gasteiger partial charge in [-0.05, 0) is 46.3 Å². The number of benzene rings is 2. The quantitative estimate of drug-likeness (QED) is 0.393. The summed E-state index contributed by atoms with van der Waals surface area (Å²) in [6, 6.07) is 6.67. The molecule has 0 fully saturated rings. The number of pyridine rings is 1. The van der Waals surface area contributed by atoms with E-state index >= 15 is 8.78 Å². The maximum atomic E-state index is 15.6. The first-order chi connectivity index (χ1) is 15.1. The topological polar surface area (TPSA) is 56.5 Å². The van der Waals surface area contributed by atoms with Gasteiger partial charge in [0.2, 0.25) is 0 Å². The normalized spacial score (nSPS) is 13.5. The van der Waals surface area contributed by atoms with Crippen molar-refractivity contribution in [2.24, 2.45) is 0 Å². The van der Waals surface area contributed by atoms with Crippen LogP contribution < -0.4 is 0 Å². The molecule has 32 heavy (non-hydrogen) atoms. The molecule has 12 heteroatoms. The first-order valence-corrected chi connectivity index (χ1v) is 9.08.